The van der Waals surface area contributed by atoms with E-state index < -0.39 is 0 Å². The summed E-state index contributed by atoms with van der Waals surface area (Å²) in [5, 5.41) is 2.53. The molecule has 1 nitrogen and oxygen atoms in total. The molecule has 0 spiro atoms. The van der Waals surface area contributed by atoms with Crippen LogP contribution in [-0.2, 0) is 0 Å². The smallest absolute Gasteiger partial charge is 0.124 e. The molecule has 0 saturated carbocycles. The van der Waals surface area contributed by atoms with Gasteiger partial charge < -0.3 is 4.74 Å². The molecule has 27 heavy (non-hydrogen) atoms. The highest BCUT2D eigenvalue weighted by Crippen LogP contribution is 2.55. The Morgan fingerprint density at radius 3 is 2.30 bits per heavy atom. The molecule has 132 valence electrons. The summed E-state index contributed by atoms with van der Waals surface area (Å²) < 4.78 is 5.93. The summed E-state index contributed by atoms with van der Waals surface area (Å²) in [6, 6.07) is 26.2. The summed E-state index contributed by atoms with van der Waals surface area (Å²) in [6.45, 7) is 4.43. The number of ether oxygens (including phenoxy) is 1. The molecule has 0 fully saturated rings. The Kier molecular flexibility index (Phi) is 3.58. The zero-order valence-electron chi connectivity index (χ0n) is 15.9. The fourth-order valence-corrected chi connectivity index (χ4v) is 4.73. The molecule has 0 bridgehead atoms. The van der Waals surface area contributed by atoms with Gasteiger partial charge in [0.1, 0.15) is 5.75 Å². The molecule has 5 rings (SSSR count). The minimum atomic E-state index is 0.206. The lowest BCUT2D eigenvalue weighted by atomic mass is 9.84. The summed E-state index contributed by atoms with van der Waals surface area (Å²) in [7, 11) is 1.79. The van der Waals surface area contributed by atoms with Crippen molar-refractivity contribution >= 4 is 10.8 Å². The van der Waals surface area contributed by atoms with Crippen molar-refractivity contribution in [2.24, 2.45) is 0 Å². The number of hydrogen-bond donors (Lipinski definition) is 0. The Balaban J connectivity index is 1.97. The second kappa shape index (κ2) is 5.99. The molecule has 1 atom stereocenters. The zero-order chi connectivity index (χ0) is 18.5. The number of methoxy groups -OCH3 is 1. The van der Waals surface area contributed by atoms with E-state index in [2.05, 4.69) is 86.6 Å². The minimum absolute atomic E-state index is 0.206. The molecule has 0 aromatic heterocycles. The third-order valence-corrected chi connectivity index (χ3v) is 5.94. The van der Waals surface area contributed by atoms with Crippen LogP contribution in [0.2, 0.25) is 0 Å². The molecule has 0 saturated heterocycles. The first-order valence-corrected chi connectivity index (χ1v) is 9.45. The molecule has 1 aliphatic rings. The van der Waals surface area contributed by atoms with E-state index in [1.807, 2.05) is 0 Å². The molecule has 4 aromatic rings. The summed E-state index contributed by atoms with van der Waals surface area (Å²) in [5.41, 5.74) is 9.40. The Bertz CT molecular complexity index is 1190. The molecule has 1 aliphatic carbocycles. The van der Waals surface area contributed by atoms with Crippen LogP contribution in [0.15, 0.2) is 72.8 Å². The highest BCUT2D eigenvalue weighted by Gasteiger charge is 2.35. The highest BCUT2D eigenvalue weighted by atomic mass is 16.5. The second-order valence-electron chi connectivity index (χ2n) is 7.41. The monoisotopic (exact) mass is 350 g/mol. The Labute approximate surface area is 160 Å². The summed E-state index contributed by atoms with van der Waals surface area (Å²) in [5.74, 6) is 1.18. The van der Waals surface area contributed by atoms with Crippen molar-refractivity contribution in [2.45, 2.75) is 19.8 Å². The first-order valence-electron chi connectivity index (χ1n) is 9.45. The Hall–Kier alpha value is -3.06. The first-order chi connectivity index (χ1) is 13.2. The maximum absolute atomic E-state index is 5.93. The lowest BCUT2D eigenvalue weighted by molar-refractivity contribution is 0.410. The van der Waals surface area contributed by atoms with Gasteiger partial charge in [0.2, 0.25) is 0 Å². The third kappa shape index (κ3) is 2.24. The number of hydrogen-bond acceptors (Lipinski definition) is 1. The van der Waals surface area contributed by atoms with Crippen molar-refractivity contribution < 1.29 is 4.74 Å². The predicted molar refractivity (Wildman–Crippen MR) is 113 cm³/mol. The lowest BCUT2D eigenvalue weighted by Gasteiger charge is -2.21. The molecule has 0 N–H and O–H groups in total. The van der Waals surface area contributed by atoms with Crippen LogP contribution in [0.3, 0.4) is 0 Å². The molecule has 1 unspecified atom stereocenters. The molecule has 0 amide bonds. The molecule has 0 aliphatic heterocycles. The van der Waals surface area contributed by atoms with Crippen LogP contribution in [-0.4, -0.2) is 7.11 Å². The van der Waals surface area contributed by atoms with Crippen LogP contribution >= 0.6 is 0 Å². The van der Waals surface area contributed by atoms with Crippen LogP contribution in [0, 0.1) is 13.8 Å². The van der Waals surface area contributed by atoms with Gasteiger partial charge in [-0.1, -0.05) is 66.7 Å². The predicted octanol–water partition coefficient (Wildman–Crippen LogP) is 6.63. The fourth-order valence-electron chi connectivity index (χ4n) is 4.73. The largest absolute Gasteiger partial charge is 0.496 e. The van der Waals surface area contributed by atoms with Gasteiger partial charge >= 0.3 is 0 Å². The van der Waals surface area contributed by atoms with Crippen LogP contribution in [0.1, 0.15) is 33.7 Å². The average molecular weight is 350 g/mol. The number of benzene rings is 4. The van der Waals surface area contributed by atoms with Crippen molar-refractivity contribution in [3.63, 3.8) is 0 Å². The molecular weight excluding hydrogens is 328 g/mol. The van der Waals surface area contributed by atoms with E-state index >= 15 is 0 Å². The van der Waals surface area contributed by atoms with Crippen molar-refractivity contribution in [2.75, 3.05) is 7.11 Å². The van der Waals surface area contributed by atoms with Gasteiger partial charge in [0, 0.05) is 11.5 Å². The van der Waals surface area contributed by atoms with Crippen LogP contribution < -0.4 is 4.74 Å². The van der Waals surface area contributed by atoms with Crippen LogP contribution in [0.4, 0.5) is 0 Å². The van der Waals surface area contributed by atoms with Crippen LogP contribution in [0.5, 0.6) is 5.75 Å². The maximum Gasteiger partial charge on any atom is 0.124 e. The lowest BCUT2D eigenvalue weighted by Crippen LogP contribution is -2.05. The van der Waals surface area contributed by atoms with Gasteiger partial charge in [0.15, 0.2) is 0 Å². The number of fused-ring (bicyclic) bond motifs is 5. The fraction of sp³-hybridized carbons (Fsp3) is 0.154. The number of aryl methyl sites for hydroxylation is 2. The second-order valence-corrected chi connectivity index (χ2v) is 7.41. The molecule has 0 radical (unpaired) electrons. The van der Waals surface area contributed by atoms with Gasteiger partial charge in [-0.15, -0.1) is 0 Å². The van der Waals surface area contributed by atoms with Crippen molar-refractivity contribution in [3.05, 3.63) is 101 Å². The van der Waals surface area contributed by atoms with E-state index in [0.717, 1.165) is 5.75 Å². The summed E-state index contributed by atoms with van der Waals surface area (Å²) >= 11 is 0. The standard InChI is InChI=1S/C26H22O/c1-16-9-4-6-12-19(16)25-23-17(2)10-8-14-21(23)24-20-13-7-5-11-18(20)15-22(27-3)26(24)25/h4-15,25H,1-3H3. The number of rotatable bonds is 2. The van der Waals surface area contributed by atoms with E-state index in [-0.39, 0.29) is 5.92 Å². The molecular formula is C26H22O. The summed E-state index contributed by atoms with van der Waals surface area (Å²) in [4.78, 5) is 0. The van der Waals surface area contributed by atoms with Gasteiger partial charge in [-0.2, -0.15) is 0 Å². The van der Waals surface area contributed by atoms with Crippen LogP contribution in [0.25, 0.3) is 21.9 Å². The highest BCUT2D eigenvalue weighted by molar-refractivity contribution is 6.04. The topological polar surface area (TPSA) is 9.23 Å². The Morgan fingerprint density at radius 2 is 1.48 bits per heavy atom. The van der Waals surface area contributed by atoms with E-state index in [1.54, 1.807) is 7.11 Å². The minimum Gasteiger partial charge on any atom is -0.496 e. The zero-order valence-corrected chi connectivity index (χ0v) is 15.9. The van der Waals surface area contributed by atoms with Crippen molar-refractivity contribution in [1.29, 1.82) is 0 Å². The first kappa shape index (κ1) is 16.1. The Morgan fingerprint density at radius 1 is 0.741 bits per heavy atom. The quantitative estimate of drug-likeness (QED) is 0.347. The van der Waals surface area contributed by atoms with Gasteiger partial charge in [0.25, 0.3) is 0 Å². The van der Waals surface area contributed by atoms with Crippen molar-refractivity contribution in [1.82, 2.24) is 0 Å². The molecule has 4 aromatic carbocycles. The molecule has 0 heterocycles. The SMILES string of the molecule is COc1cc2ccccc2c2c1C(c1ccccc1C)c1c(C)cccc1-2. The molecule has 1 heteroatoms. The van der Waals surface area contributed by atoms with Crippen molar-refractivity contribution in [3.8, 4) is 16.9 Å². The van der Waals surface area contributed by atoms with Gasteiger partial charge in [-0.25, -0.2) is 0 Å². The van der Waals surface area contributed by atoms with E-state index in [4.69, 9.17) is 4.74 Å². The van der Waals surface area contributed by atoms with Gasteiger partial charge in [-0.3, -0.25) is 0 Å². The van der Waals surface area contributed by atoms with E-state index in [9.17, 15) is 0 Å². The van der Waals surface area contributed by atoms with Gasteiger partial charge in [0.05, 0.1) is 7.11 Å². The summed E-state index contributed by atoms with van der Waals surface area (Å²) in [6.07, 6.45) is 0. The van der Waals surface area contributed by atoms with Gasteiger partial charge in [-0.05, 0) is 64.1 Å². The average Bonchev–Trinajstić information content (AvgIpc) is 3.04. The van der Waals surface area contributed by atoms with E-state index in [0.29, 0.717) is 0 Å². The maximum atomic E-state index is 5.93. The normalized spacial score (nSPS) is 14.9. The third-order valence-electron chi connectivity index (χ3n) is 5.94. The van der Waals surface area contributed by atoms with E-state index in [1.165, 1.54) is 49.7 Å².